The molecule has 100 valence electrons. The van der Waals surface area contributed by atoms with Crippen molar-refractivity contribution < 1.29 is 9.84 Å². The van der Waals surface area contributed by atoms with Crippen LogP contribution in [0.1, 0.15) is 32.6 Å². The molecule has 0 saturated heterocycles. The highest BCUT2D eigenvalue weighted by Gasteiger charge is 2.23. The Morgan fingerprint density at radius 2 is 2.11 bits per heavy atom. The molecule has 6 nitrogen and oxygen atoms in total. The maximum Gasteiger partial charge on any atom is 0.322 e. The Morgan fingerprint density at radius 3 is 2.83 bits per heavy atom. The van der Waals surface area contributed by atoms with E-state index in [-0.39, 0.29) is 23.4 Å². The van der Waals surface area contributed by atoms with Crippen molar-refractivity contribution in [3.05, 3.63) is 5.28 Å². The van der Waals surface area contributed by atoms with E-state index in [2.05, 4.69) is 20.3 Å². The zero-order chi connectivity index (χ0) is 13.0. The third kappa shape index (κ3) is 3.43. The molecule has 0 amide bonds. The first-order chi connectivity index (χ1) is 8.69. The zero-order valence-electron chi connectivity index (χ0n) is 10.3. The fourth-order valence-electron chi connectivity index (χ4n) is 2.04. The van der Waals surface area contributed by atoms with Crippen LogP contribution in [0.5, 0.6) is 6.01 Å². The maximum absolute atomic E-state index is 9.87. The van der Waals surface area contributed by atoms with Crippen LogP contribution in [0.15, 0.2) is 0 Å². The molecule has 1 aromatic heterocycles. The van der Waals surface area contributed by atoms with Crippen LogP contribution >= 0.6 is 11.6 Å². The molecule has 1 aliphatic rings. The number of hydrogen-bond acceptors (Lipinski definition) is 6. The van der Waals surface area contributed by atoms with Crippen molar-refractivity contribution in [2.75, 3.05) is 11.9 Å². The van der Waals surface area contributed by atoms with E-state index < -0.39 is 0 Å². The number of ether oxygens (including phenoxy) is 1. The molecule has 0 bridgehead atoms. The summed E-state index contributed by atoms with van der Waals surface area (Å²) in [5.41, 5.74) is 0. The number of aliphatic hydroxyl groups is 1. The van der Waals surface area contributed by atoms with Crippen LogP contribution in [0.3, 0.4) is 0 Å². The van der Waals surface area contributed by atoms with Gasteiger partial charge in [-0.15, -0.1) is 0 Å². The van der Waals surface area contributed by atoms with Gasteiger partial charge in [0.25, 0.3) is 0 Å². The predicted octanol–water partition coefficient (Wildman–Crippen LogP) is 1.64. The molecule has 2 unspecified atom stereocenters. The average Bonchev–Trinajstić information content (AvgIpc) is 2.32. The summed E-state index contributed by atoms with van der Waals surface area (Å²) in [4.78, 5) is 11.9. The van der Waals surface area contributed by atoms with Crippen molar-refractivity contribution in [1.29, 1.82) is 0 Å². The minimum atomic E-state index is -0.371. The number of halogens is 1. The molecule has 0 aliphatic heterocycles. The minimum Gasteiger partial charge on any atom is -0.464 e. The molecule has 0 aromatic carbocycles. The lowest BCUT2D eigenvalue weighted by atomic mass is 9.93. The first kappa shape index (κ1) is 13.3. The van der Waals surface area contributed by atoms with E-state index in [0.717, 1.165) is 25.7 Å². The van der Waals surface area contributed by atoms with Crippen LogP contribution < -0.4 is 10.1 Å². The summed E-state index contributed by atoms with van der Waals surface area (Å²) in [6.07, 6.45) is 3.47. The Labute approximate surface area is 111 Å². The highest BCUT2D eigenvalue weighted by atomic mass is 35.5. The number of aliphatic hydroxyl groups excluding tert-OH is 1. The minimum absolute atomic E-state index is 0.0355. The third-order valence-corrected chi connectivity index (χ3v) is 3.07. The molecule has 2 atom stereocenters. The highest BCUT2D eigenvalue weighted by molar-refractivity contribution is 6.28. The summed E-state index contributed by atoms with van der Waals surface area (Å²) in [5, 5.41) is 13.1. The Bertz CT molecular complexity index is 405. The van der Waals surface area contributed by atoms with Gasteiger partial charge in [-0.3, -0.25) is 0 Å². The van der Waals surface area contributed by atoms with Crippen LogP contribution in [0, 0.1) is 0 Å². The van der Waals surface area contributed by atoms with E-state index in [4.69, 9.17) is 16.3 Å². The second kappa shape index (κ2) is 6.15. The van der Waals surface area contributed by atoms with E-state index in [9.17, 15) is 5.11 Å². The van der Waals surface area contributed by atoms with Gasteiger partial charge in [-0.2, -0.15) is 15.0 Å². The molecule has 2 N–H and O–H groups in total. The summed E-state index contributed by atoms with van der Waals surface area (Å²) < 4.78 is 5.19. The molecule has 1 aromatic rings. The van der Waals surface area contributed by atoms with Gasteiger partial charge in [-0.05, 0) is 31.4 Å². The van der Waals surface area contributed by atoms with Gasteiger partial charge in [-0.25, -0.2) is 0 Å². The molecule has 0 radical (unpaired) electrons. The standard InChI is InChI=1S/C11H17ClN4O2/c1-2-18-11-15-9(12)14-10(16-11)13-7-5-3-4-6-8(7)17/h7-8,17H,2-6H2,1H3,(H,13,14,15,16). The maximum atomic E-state index is 9.87. The van der Waals surface area contributed by atoms with Gasteiger partial charge in [-0.1, -0.05) is 12.8 Å². The number of aromatic nitrogens is 3. The van der Waals surface area contributed by atoms with Gasteiger partial charge >= 0.3 is 6.01 Å². The lowest BCUT2D eigenvalue weighted by molar-refractivity contribution is 0.116. The van der Waals surface area contributed by atoms with E-state index >= 15 is 0 Å². The van der Waals surface area contributed by atoms with E-state index in [0.29, 0.717) is 12.6 Å². The number of rotatable bonds is 4. The Morgan fingerprint density at radius 1 is 1.33 bits per heavy atom. The number of nitrogens with one attached hydrogen (secondary N) is 1. The van der Waals surface area contributed by atoms with Crippen LogP contribution in [0.25, 0.3) is 0 Å². The SMILES string of the molecule is CCOc1nc(Cl)nc(NC2CCCCC2O)n1. The van der Waals surface area contributed by atoms with Gasteiger partial charge in [0.1, 0.15) is 0 Å². The summed E-state index contributed by atoms with van der Waals surface area (Å²) >= 11 is 5.80. The van der Waals surface area contributed by atoms with Gasteiger partial charge < -0.3 is 15.2 Å². The molecule has 0 spiro atoms. The number of anilines is 1. The molecule has 1 fully saturated rings. The van der Waals surface area contributed by atoms with Gasteiger partial charge in [0.2, 0.25) is 11.2 Å². The molecule has 1 saturated carbocycles. The van der Waals surface area contributed by atoms with Gasteiger partial charge in [0, 0.05) is 0 Å². The molecule has 18 heavy (non-hydrogen) atoms. The third-order valence-electron chi connectivity index (χ3n) is 2.91. The first-order valence-corrected chi connectivity index (χ1v) is 6.56. The quantitative estimate of drug-likeness (QED) is 0.867. The number of nitrogens with zero attached hydrogens (tertiary/aromatic N) is 3. The van der Waals surface area contributed by atoms with Crippen LogP contribution in [0.4, 0.5) is 5.95 Å². The molecule has 1 aliphatic carbocycles. The lowest BCUT2D eigenvalue weighted by Gasteiger charge is -2.28. The first-order valence-electron chi connectivity index (χ1n) is 6.18. The van der Waals surface area contributed by atoms with Crippen molar-refractivity contribution in [2.24, 2.45) is 0 Å². The summed E-state index contributed by atoms with van der Waals surface area (Å²) in [6.45, 7) is 2.31. The van der Waals surface area contributed by atoms with Crippen LogP contribution in [-0.4, -0.2) is 38.8 Å². The topological polar surface area (TPSA) is 80.2 Å². The molecule has 1 heterocycles. The normalized spacial score (nSPS) is 23.7. The van der Waals surface area contributed by atoms with Gasteiger partial charge in [0.15, 0.2) is 0 Å². The van der Waals surface area contributed by atoms with Crippen molar-refractivity contribution in [3.8, 4) is 6.01 Å². The van der Waals surface area contributed by atoms with E-state index in [1.807, 2.05) is 6.92 Å². The van der Waals surface area contributed by atoms with Crippen molar-refractivity contribution in [3.63, 3.8) is 0 Å². The molecule has 7 heteroatoms. The summed E-state index contributed by atoms with van der Waals surface area (Å²) in [6, 6.07) is 0.164. The summed E-state index contributed by atoms with van der Waals surface area (Å²) in [5.74, 6) is 0.351. The molecular weight excluding hydrogens is 256 g/mol. The van der Waals surface area contributed by atoms with Crippen molar-refractivity contribution in [1.82, 2.24) is 15.0 Å². The molecule has 2 rings (SSSR count). The second-order valence-corrected chi connectivity index (χ2v) is 4.58. The summed E-state index contributed by atoms with van der Waals surface area (Å²) in [7, 11) is 0. The second-order valence-electron chi connectivity index (χ2n) is 4.25. The average molecular weight is 273 g/mol. The van der Waals surface area contributed by atoms with Crippen molar-refractivity contribution in [2.45, 2.75) is 44.8 Å². The van der Waals surface area contributed by atoms with Gasteiger partial charge in [0.05, 0.1) is 18.8 Å². The van der Waals surface area contributed by atoms with Crippen LogP contribution in [-0.2, 0) is 0 Å². The Balaban J connectivity index is 2.07. The van der Waals surface area contributed by atoms with Crippen LogP contribution in [0.2, 0.25) is 5.28 Å². The van der Waals surface area contributed by atoms with E-state index in [1.54, 1.807) is 0 Å². The Hall–Kier alpha value is -1.14. The largest absolute Gasteiger partial charge is 0.464 e. The fraction of sp³-hybridized carbons (Fsp3) is 0.727. The zero-order valence-corrected chi connectivity index (χ0v) is 11.0. The lowest BCUT2D eigenvalue weighted by Crippen LogP contribution is -2.36. The number of hydrogen-bond donors (Lipinski definition) is 2. The van der Waals surface area contributed by atoms with Crippen molar-refractivity contribution >= 4 is 17.5 Å². The Kier molecular flexibility index (Phi) is 4.54. The monoisotopic (exact) mass is 272 g/mol. The smallest absolute Gasteiger partial charge is 0.322 e. The highest BCUT2D eigenvalue weighted by Crippen LogP contribution is 2.22. The van der Waals surface area contributed by atoms with E-state index in [1.165, 1.54) is 0 Å². The predicted molar refractivity (Wildman–Crippen MR) is 67.9 cm³/mol. The fourth-order valence-corrected chi connectivity index (χ4v) is 2.19. The molecular formula is C11H17ClN4O2.